The van der Waals surface area contributed by atoms with Gasteiger partial charge in [-0.15, -0.1) is 0 Å². The molecule has 0 spiro atoms. The Hall–Kier alpha value is -1.35. The first kappa shape index (κ1) is 16.5. The Morgan fingerprint density at radius 3 is 2.22 bits per heavy atom. The summed E-state index contributed by atoms with van der Waals surface area (Å²) < 4.78 is 0. The molecule has 1 saturated heterocycles. The van der Waals surface area contributed by atoms with Gasteiger partial charge in [-0.05, 0) is 50.4 Å². The van der Waals surface area contributed by atoms with Crippen molar-refractivity contribution in [2.75, 3.05) is 20.1 Å². The summed E-state index contributed by atoms with van der Waals surface area (Å²) in [5.74, 6) is 0.200. The fraction of sp³-hybridized carbons (Fsp3) is 0.650. The van der Waals surface area contributed by atoms with E-state index in [0.29, 0.717) is 0 Å². The predicted octanol–water partition coefficient (Wildman–Crippen LogP) is 4.08. The number of carbonyl (C=O) groups is 1. The van der Waals surface area contributed by atoms with E-state index in [-0.39, 0.29) is 5.91 Å². The van der Waals surface area contributed by atoms with Crippen LogP contribution in [0.2, 0.25) is 0 Å². The monoisotopic (exact) mass is 314 g/mol. The second kappa shape index (κ2) is 7.96. The van der Waals surface area contributed by atoms with Gasteiger partial charge in [0, 0.05) is 31.2 Å². The summed E-state index contributed by atoms with van der Waals surface area (Å²) in [6, 6.07) is 9.02. The molecule has 126 valence electrons. The number of likely N-dealkylation sites (tertiary alicyclic amines) is 1. The normalized spacial score (nSPS) is 20.0. The molecule has 1 heterocycles. The Balaban J connectivity index is 1.57. The van der Waals surface area contributed by atoms with Crippen LogP contribution in [0.5, 0.6) is 0 Å². The van der Waals surface area contributed by atoms with Gasteiger partial charge in [0.2, 0.25) is 0 Å². The quantitative estimate of drug-likeness (QED) is 0.782. The molecule has 1 aromatic carbocycles. The zero-order chi connectivity index (χ0) is 16.1. The van der Waals surface area contributed by atoms with Crippen LogP contribution in [0.15, 0.2) is 24.3 Å². The van der Waals surface area contributed by atoms with E-state index in [9.17, 15) is 4.79 Å². The van der Waals surface area contributed by atoms with Gasteiger partial charge in [-0.2, -0.15) is 0 Å². The third kappa shape index (κ3) is 4.35. The average molecular weight is 314 g/mol. The highest BCUT2D eigenvalue weighted by Gasteiger charge is 2.20. The van der Waals surface area contributed by atoms with Crippen molar-refractivity contribution in [1.82, 2.24) is 9.80 Å². The standard InChI is InChI=1S/C20H30N2O/c1-21(19-8-4-2-3-5-9-19)16-17-10-12-18(13-11-17)20(23)22-14-6-7-15-22/h10-13,19H,2-9,14-16H2,1H3. The smallest absolute Gasteiger partial charge is 0.253 e. The first-order chi connectivity index (χ1) is 11.2. The summed E-state index contributed by atoms with van der Waals surface area (Å²) in [4.78, 5) is 16.9. The van der Waals surface area contributed by atoms with Gasteiger partial charge in [-0.1, -0.05) is 37.8 Å². The highest BCUT2D eigenvalue weighted by molar-refractivity contribution is 5.94. The topological polar surface area (TPSA) is 23.6 Å². The summed E-state index contributed by atoms with van der Waals surface area (Å²) >= 11 is 0. The predicted molar refractivity (Wildman–Crippen MR) is 94.5 cm³/mol. The number of rotatable bonds is 4. The second-order valence-corrected chi connectivity index (χ2v) is 7.26. The average Bonchev–Trinajstić information content (AvgIpc) is 2.97. The van der Waals surface area contributed by atoms with Gasteiger partial charge in [-0.25, -0.2) is 0 Å². The fourth-order valence-corrected chi connectivity index (χ4v) is 3.97. The van der Waals surface area contributed by atoms with E-state index in [0.717, 1.165) is 44.1 Å². The lowest BCUT2D eigenvalue weighted by Crippen LogP contribution is -2.30. The van der Waals surface area contributed by atoms with Crippen LogP contribution in [0.3, 0.4) is 0 Å². The Morgan fingerprint density at radius 2 is 1.61 bits per heavy atom. The van der Waals surface area contributed by atoms with Crippen molar-refractivity contribution in [3.8, 4) is 0 Å². The molecule has 1 aliphatic heterocycles. The van der Waals surface area contributed by atoms with Gasteiger partial charge in [0.05, 0.1) is 0 Å². The van der Waals surface area contributed by atoms with Gasteiger partial charge >= 0.3 is 0 Å². The van der Waals surface area contributed by atoms with Crippen molar-refractivity contribution >= 4 is 5.91 Å². The minimum Gasteiger partial charge on any atom is -0.339 e. The highest BCUT2D eigenvalue weighted by atomic mass is 16.2. The van der Waals surface area contributed by atoms with E-state index < -0.39 is 0 Å². The zero-order valence-corrected chi connectivity index (χ0v) is 14.5. The van der Waals surface area contributed by atoms with Crippen LogP contribution >= 0.6 is 0 Å². The maximum Gasteiger partial charge on any atom is 0.253 e. The van der Waals surface area contributed by atoms with Gasteiger partial charge in [0.15, 0.2) is 0 Å². The van der Waals surface area contributed by atoms with Gasteiger partial charge < -0.3 is 4.90 Å². The minimum atomic E-state index is 0.200. The molecule has 0 N–H and O–H groups in total. The fourth-order valence-electron chi connectivity index (χ4n) is 3.97. The van der Waals surface area contributed by atoms with Crippen molar-refractivity contribution in [2.24, 2.45) is 0 Å². The summed E-state index contributed by atoms with van der Waals surface area (Å²) in [6.07, 6.45) is 10.5. The third-order valence-corrected chi connectivity index (χ3v) is 5.47. The molecular formula is C20H30N2O. The second-order valence-electron chi connectivity index (χ2n) is 7.26. The van der Waals surface area contributed by atoms with Crippen molar-refractivity contribution in [3.63, 3.8) is 0 Å². The van der Waals surface area contributed by atoms with Gasteiger partial charge in [0.25, 0.3) is 5.91 Å². The van der Waals surface area contributed by atoms with E-state index >= 15 is 0 Å². The molecule has 2 aliphatic rings. The Labute approximate surface area is 140 Å². The lowest BCUT2D eigenvalue weighted by atomic mass is 10.1. The number of nitrogens with zero attached hydrogens (tertiary/aromatic N) is 2. The molecule has 23 heavy (non-hydrogen) atoms. The summed E-state index contributed by atoms with van der Waals surface area (Å²) in [7, 11) is 2.25. The van der Waals surface area contributed by atoms with Crippen LogP contribution in [0, 0.1) is 0 Å². The number of hydrogen-bond acceptors (Lipinski definition) is 2. The van der Waals surface area contributed by atoms with E-state index in [1.54, 1.807) is 0 Å². The molecule has 1 amide bonds. The highest BCUT2D eigenvalue weighted by Crippen LogP contribution is 2.22. The molecule has 2 fully saturated rings. The molecule has 3 rings (SSSR count). The van der Waals surface area contributed by atoms with Crippen molar-refractivity contribution in [2.45, 2.75) is 64.0 Å². The van der Waals surface area contributed by atoms with Crippen LogP contribution in [-0.2, 0) is 6.54 Å². The van der Waals surface area contributed by atoms with Gasteiger partial charge in [0.1, 0.15) is 0 Å². The number of benzene rings is 1. The Morgan fingerprint density at radius 1 is 1.00 bits per heavy atom. The molecule has 1 aromatic rings. The maximum atomic E-state index is 12.4. The number of hydrogen-bond donors (Lipinski definition) is 0. The zero-order valence-electron chi connectivity index (χ0n) is 14.5. The van der Waals surface area contributed by atoms with E-state index in [4.69, 9.17) is 0 Å². The van der Waals surface area contributed by atoms with E-state index in [1.165, 1.54) is 44.1 Å². The van der Waals surface area contributed by atoms with Crippen LogP contribution in [0.25, 0.3) is 0 Å². The molecule has 1 saturated carbocycles. The molecule has 1 aliphatic carbocycles. The first-order valence-electron chi connectivity index (χ1n) is 9.32. The molecular weight excluding hydrogens is 284 g/mol. The van der Waals surface area contributed by atoms with Crippen molar-refractivity contribution < 1.29 is 4.79 Å². The molecule has 0 unspecified atom stereocenters. The lowest BCUT2D eigenvalue weighted by Gasteiger charge is -2.27. The maximum absolute atomic E-state index is 12.4. The summed E-state index contributed by atoms with van der Waals surface area (Å²) in [6.45, 7) is 2.83. The molecule has 3 heteroatoms. The minimum absolute atomic E-state index is 0.200. The first-order valence-corrected chi connectivity index (χ1v) is 9.32. The number of amides is 1. The van der Waals surface area contributed by atoms with E-state index in [2.05, 4.69) is 24.1 Å². The van der Waals surface area contributed by atoms with Crippen molar-refractivity contribution in [3.05, 3.63) is 35.4 Å². The Bertz CT molecular complexity index is 497. The molecule has 0 aromatic heterocycles. The molecule has 0 radical (unpaired) electrons. The van der Waals surface area contributed by atoms with Crippen LogP contribution in [0.4, 0.5) is 0 Å². The SMILES string of the molecule is CN(Cc1ccc(C(=O)N2CCCC2)cc1)C1CCCCCC1. The van der Waals surface area contributed by atoms with Crippen LogP contribution in [0.1, 0.15) is 67.3 Å². The number of carbonyl (C=O) groups excluding carboxylic acids is 1. The summed E-state index contributed by atoms with van der Waals surface area (Å²) in [5.41, 5.74) is 2.16. The molecule has 0 bridgehead atoms. The Kier molecular flexibility index (Phi) is 5.71. The van der Waals surface area contributed by atoms with Crippen LogP contribution < -0.4 is 0 Å². The molecule has 3 nitrogen and oxygen atoms in total. The summed E-state index contributed by atoms with van der Waals surface area (Å²) in [5, 5.41) is 0. The third-order valence-electron chi connectivity index (χ3n) is 5.47. The molecule has 0 atom stereocenters. The largest absolute Gasteiger partial charge is 0.339 e. The van der Waals surface area contributed by atoms with Gasteiger partial charge in [-0.3, -0.25) is 9.69 Å². The van der Waals surface area contributed by atoms with Crippen LogP contribution in [-0.4, -0.2) is 41.9 Å². The van der Waals surface area contributed by atoms with Crippen molar-refractivity contribution in [1.29, 1.82) is 0 Å². The van der Waals surface area contributed by atoms with E-state index in [1.807, 2.05) is 17.0 Å². The lowest BCUT2D eigenvalue weighted by molar-refractivity contribution is 0.0793.